The van der Waals surface area contributed by atoms with E-state index in [2.05, 4.69) is 50.0 Å². The van der Waals surface area contributed by atoms with E-state index in [0.717, 1.165) is 37.9 Å². The molecule has 0 radical (unpaired) electrons. The van der Waals surface area contributed by atoms with E-state index in [9.17, 15) is 0 Å². The lowest BCUT2D eigenvalue weighted by molar-refractivity contribution is 0.0610. The Bertz CT molecular complexity index is 364. The summed E-state index contributed by atoms with van der Waals surface area (Å²) in [5, 5.41) is 8.25. The van der Waals surface area contributed by atoms with Gasteiger partial charge >= 0.3 is 0 Å². The maximum atomic E-state index is 5.66. The predicted molar refractivity (Wildman–Crippen MR) is 84.1 cm³/mol. The van der Waals surface area contributed by atoms with Gasteiger partial charge in [-0.25, -0.2) is 0 Å². The summed E-state index contributed by atoms with van der Waals surface area (Å²) in [7, 11) is 1.81. The first-order valence-electron chi connectivity index (χ1n) is 7.96. The number of hydrogen-bond acceptors (Lipinski definition) is 3. The zero-order valence-electron chi connectivity index (χ0n) is 13.7. The van der Waals surface area contributed by atoms with Crippen molar-refractivity contribution in [1.29, 1.82) is 0 Å². The minimum atomic E-state index is 0.258. The molecule has 0 spiro atoms. The molecule has 0 fully saturated rings. The molecule has 1 rings (SSSR count). The highest BCUT2D eigenvalue weighted by Gasteiger charge is 2.21. The molecule has 0 aliphatic heterocycles. The van der Waals surface area contributed by atoms with Crippen molar-refractivity contribution in [2.45, 2.75) is 71.6 Å². The summed E-state index contributed by atoms with van der Waals surface area (Å²) < 4.78 is 7.73. The molecule has 0 aromatic carbocycles. The van der Waals surface area contributed by atoms with E-state index in [1.807, 2.05) is 7.11 Å². The van der Waals surface area contributed by atoms with Gasteiger partial charge in [0.2, 0.25) is 0 Å². The summed E-state index contributed by atoms with van der Waals surface area (Å²) in [6.45, 7) is 9.69. The second-order valence-electron chi connectivity index (χ2n) is 5.48. The van der Waals surface area contributed by atoms with Gasteiger partial charge in [0, 0.05) is 31.8 Å². The molecule has 0 amide bonds. The first kappa shape index (κ1) is 17.2. The van der Waals surface area contributed by atoms with Crippen LogP contribution >= 0.6 is 0 Å². The van der Waals surface area contributed by atoms with Crippen molar-refractivity contribution in [2.75, 3.05) is 13.7 Å². The van der Waals surface area contributed by atoms with Crippen molar-refractivity contribution >= 4 is 0 Å². The molecule has 1 aromatic rings. The molecule has 3 atom stereocenters. The maximum Gasteiger partial charge on any atom is 0.0728 e. The van der Waals surface area contributed by atoms with Gasteiger partial charge in [0.1, 0.15) is 0 Å². The average molecular weight is 281 g/mol. The summed E-state index contributed by atoms with van der Waals surface area (Å²) in [6, 6.07) is 2.94. The molecule has 1 heterocycles. The van der Waals surface area contributed by atoms with Crippen LogP contribution in [0.15, 0.2) is 12.3 Å². The van der Waals surface area contributed by atoms with Gasteiger partial charge in [-0.1, -0.05) is 27.2 Å². The number of nitrogens with zero attached hydrogens (tertiary/aromatic N) is 2. The third-order valence-corrected chi connectivity index (χ3v) is 3.93. The van der Waals surface area contributed by atoms with Crippen molar-refractivity contribution in [3.05, 3.63) is 18.0 Å². The molecule has 1 N–H and O–H groups in total. The van der Waals surface area contributed by atoms with Crippen molar-refractivity contribution < 1.29 is 4.74 Å². The number of aromatic nitrogens is 2. The van der Waals surface area contributed by atoms with Crippen LogP contribution < -0.4 is 5.32 Å². The molecule has 0 aliphatic carbocycles. The fourth-order valence-corrected chi connectivity index (χ4v) is 2.51. The molecule has 1 aromatic heterocycles. The van der Waals surface area contributed by atoms with Crippen molar-refractivity contribution in [3.63, 3.8) is 0 Å². The van der Waals surface area contributed by atoms with Crippen LogP contribution in [-0.2, 0) is 11.2 Å². The van der Waals surface area contributed by atoms with Gasteiger partial charge in [-0.15, -0.1) is 0 Å². The van der Waals surface area contributed by atoms with Crippen molar-refractivity contribution in [3.8, 4) is 0 Å². The molecule has 0 bridgehead atoms. The number of methoxy groups -OCH3 is 1. The van der Waals surface area contributed by atoms with Crippen LogP contribution in [0, 0.1) is 0 Å². The SMILES string of the molecule is CCCC(OC)C(Cc1ccn(C(C)CC)n1)NCC. The van der Waals surface area contributed by atoms with Crippen LogP contribution in [0.4, 0.5) is 0 Å². The van der Waals surface area contributed by atoms with Crippen LogP contribution in [0.25, 0.3) is 0 Å². The lowest BCUT2D eigenvalue weighted by Crippen LogP contribution is -2.42. The highest BCUT2D eigenvalue weighted by atomic mass is 16.5. The third-order valence-electron chi connectivity index (χ3n) is 3.93. The summed E-state index contributed by atoms with van der Waals surface area (Å²) in [5.74, 6) is 0. The number of hydrogen-bond donors (Lipinski definition) is 1. The summed E-state index contributed by atoms with van der Waals surface area (Å²) in [5.41, 5.74) is 1.15. The number of rotatable bonds is 10. The Kier molecular flexibility index (Phi) is 7.85. The zero-order chi connectivity index (χ0) is 15.0. The molecular formula is C16H31N3O. The van der Waals surface area contributed by atoms with Gasteiger partial charge in [0.05, 0.1) is 11.8 Å². The molecule has 3 unspecified atom stereocenters. The Morgan fingerprint density at radius 2 is 2.10 bits per heavy atom. The quantitative estimate of drug-likeness (QED) is 0.716. The molecule has 0 saturated carbocycles. The van der Waals surface area contributed by atoms with Gasteiger partial charge < -0.3 is 10.1 Å². The fraction of sp³-hybridized carbons (Fsp3) is 0.812. The van der Waals surface area contributed by atoms with Gasteiger partial charge in [-0.3, -0.25) is 4.68 Å². The van der Waals surface area contributed by atoms with Crippen molar-refractivity contribution in [2.24, 2.45) is 0 Å². The Labute approximate surface area is 123 Å². The van der Waals surface area contributed by atoms with E-state index in [0.29, 0.717) is 12.1 Å². The Hall–Kier alpha value is -0.870. The van der Waals surface area contributed by atoms with Crippen molar-refractivity contribution in [1.82, 2.24) is 15.1 Å². The maximum absolute atomic E-state index is 5.66. The second-order valence-corrected chi connectivity index (χ2v) is 5.48. The monoisotopic (exact) mass is 281 g/mol. The van der Waals surface area contributed by atoms with Crippen LogP contribution in [-0.4, -0.2) is 35.6 Å². The van der Waals surface area contributed by atoms with E-state index in [1.165, 1.54) is 0 Å². The van der Waals surface area contributed by atoms with Gasteiger partial charge in [-0.05, 0) is 32.4 Å². The van der Waals surface area contributed by atoms with E-state index < -0.39 is 0 Å². The van der Waals surface area contributed by atoms with Gasteiger partial charge in [0.25, 0.3) is 0 Å². The first-order valence-corrected chi connectivity index (χ1v) is 7.96. The molecule has 20 heavy (non-hydrogen) atoms. The largest absolute Gasteiger partial charge is 0.380 e. The second kappa shape index (κ2) is 9.14. The molecular weight excluding hydrogens is 250 g/mol. The van der Waals surface area contributed by atoms with Crippen LogP contribution in [0.5, 0.6) is 0 Å². The molecule has 4 heteroatoms. The summed E-state index contributed by atoms with van der Waals surface area (Å²) in [4.78, 5) is 0. The standard InChI is InChI=1S/C16H31N3O/c1-6-9-16(20-5)15(17-8-3)12-14-10-11-19(18-14)13(4)7-2/h10-11,13,15-17H,6-9,12H2,1-5H3. The Balaban J connectivity index is 2.71. The number of likely N-dealkylation sites (N-methyl/N-ethyl adjacent to an activating group) is 1. The van der Waals surface area contributed by atoms with Gasteiger partial charge in [-0.2, -0.15) is 5.10 Å². The first-order chi connectivity index (χ1) is 9.65. The Morgan fingerprint density at radius 1 is 1.35 bits per heavy atom. The normalized spacial score (nSPS) is 16.1. The van der Waals surface area contributed by atoms with Crippen LogP contribution in [0.1, 0.15) is 58.7 Å². The smallest absolute Gasteiger partial charge is 0.0728 e. The van der Waals surface area contributed by atoms with Crippen LogP contribution in [0.3, 0.4) is 0 Å². The minimum absolute atomic E-state index is 0.258. The third kappa shape index (κ3) is 4.91. The highest BCUT2D eigenvalue weighted by Crippen LogP contribution is 2.14. The zero-order valence-corrected chi connectivity index (χ0v) is 13.7. The molecule has 4 nitrogen and oxygen atoms in total. The Morgan fingerprint density at radius 3 is 2.65 bits per heavy atom. The van der Waals surface area contributed by atoms with E-state index in [1.54, 1.807) is 0 Å². The molecule has 116 valence electrons. The van der Waals surface area contributed by atoms with Gasteiger partial charge in [0.15, 0.2) is 0 Å². The number of ether oxygens (including phenoxy) is 1. The lowest BCUT2D eigenvalue weighted by Gasteiger charge is -2.26. The predicted octanol–water partition coefficient (Wildman–Crippen LogP) is 3.19. The number of nitrogens with one attached hydrogen (secondary N) is 1. The minimum Gasteiger partial charge on any atom is -0.380 e. The topological polar surface area (TPSA) is 39.1 Å². The fourth-order valence-electron chi connectivity index (χ4n) is 2.51. The van der Waals surface area contributed by atoms with E-state index in [4.69, 9.17) is 9.84 Å². The lowest BCUT2D eigenvalue weighted by atomic mass is 10.0. The molecule has 0 saturated heterocycles. The highest BCUT2D eigenvalue weighted by molar-refractivity contribution is 5.03. The average Bonchev–Trinajstić information content (AvgIpc) is 2.92. The van der Waals surface area contributed by atoms with Crippen LogP contribution in [0.2, 0.25) is 0 Å². The summed E-state index contributed by atoms with van der Waals surface area (Å²) >= 11 is 0. The van der Waals surface area contributed by atoms with E-state index >= 15 is 0 Å². The summed E-state index contributed by atoms with van der Waals surface area (Å²) in [6.07, 6.45) is 6.61. The van der Waals surface area contributed by atoms with E-state index in [-0.39, 0.29) is 6.10 Å². The molecule has 0 aliphatic rings.